The van der Waals surface area contributed by atoms with Crippen LogP contribution in [-0.2, 0) is 0 Å². The number of carbonyl (C=O) groups excluding carboxylic acids is 1. The molecule has 1 saturated heterocycles. The van der Waals surface area contributed by atoms with Crippen molar-refractivity contribution in [3.8, 4) is 0 Å². The smallest absolute Gasteiger partial charge is 0.319 e. The number of aliphatic hydroxyl groups excluding tert-OH is 1. The van der Waals surface area contributed by atoms with Gasteiger partial charge in [0.15, 0.2) is 0 Å². The molecule has 2 amide bonds. The molecule has 23 heavy (non-hydrogen) atoms. The van der Waals surface area contributed by atoms with Gasteiger partial charge in [0.1, 0.15) is 0 Å². The van der Waals surface area contributed by atoms with Crippen LogP contribution >= 0.6 is 11.6 Å². The zero-order valence-corrected chi connectivity index (χ0v) is 14.6. The van der Waals surface area contributed by atoms with Crippen molar-refractivity contribution in [2.45, 2.75) is 39.2 Å². The molecule has 0 bridgehead atoms. The minimum Gasteiger partial charge on any atom is -0.393 e. The Hall–Kier alpha value is -1.46. The standard InChI is InChI=1S/C17H26ClN3O2/c1-12(2)16(22)7-8-19-17(23)20-13-5-6-15(14(18)11-13)21-9-3-4-10-21/h5-6,11-12,16,22H,3-4,7-10H2,1-2H3,(H2,19,20,23). The first-order valence-corrected chi connectivity index (χ1v) is 8.62. The predicted octanol–water partition coefficient (Wildman–Crippen LogP) is 3.47. The van der Waals surface area contributed by atoms with Crippen LogP contribution in [0.5, 0.6) is 0 Å². The van der Waals surface area contributed by atoms with Crippen LogP contribution in [0, 0.1) is 5.92 Å². The molecule has 2 rings (SSSR count). The minimum atomic E-state index is -0.399. The summed E-state index contributed by atoms with van der Waals surface area (Å²) >= 11 is 6.33. The minimum absolute atomic E-state index is 0.191. The third-order valence-electron chi connectivity index (χ3n) is 4.15. The average Bonchev–Trinajstić information content (AvgIpc) is 3.01. The van der Waals surface area contributed by atoms with E-state index in [1.807, 2.05) is 26.0 Å². The molecule has 3 N–H and O–H groups in total. The van der Waals surface area contributed by atoms with Gasteiger partial charge in [0.2, 0.25) is 0 Å². The van der Waals surface area contributed by atoms with Crippen LogP contribution in [-0.4, -0.2) is 36.9 Å². The molecule has 0 aromatic heterocycles. The summed E-state index contributed by atoms with van der Waals surface area (Å²) in [7, 11) is 0. The Balaban J connectivity index is 1.83. The Morgan fingerprint density at radius 2 is 2.04 bits per heavy atom. The number of halogens is 1. The van der Waals surface area contributed by atoms with Crippen LogP contribution in [0.3, 0.4) is 0 Å². The lowest BCUT2D eigenvalue weighted by Gasteiger charge is -2.19. The second-order valence-corrected chi connectivity index (χ2v) is 6.75. The topological polar surface area (TPSA) is 64.6 Å². The van der Waals surface area contributed by atoms with Gasteiger partial charge in [-0.1, -0.05) is 25.4 Å². The highest BCUT2D eigenvalue weighted by atomic mass is 35.5. The SMILES string of the molecule is CC(C)C(O)CCNC(=O)Nc1ccc(N2CCCC2)c(Cl)c1. The molecular formula is C17H26ClN3O2. The summed E-state index contributed by atoms with van der Waals surface area (Å²) in [6, 6.07) is 5.30. The molecule has 1 aliphatic rings. The number of urea groups is 1. The molecule has 1 atom stereocenters. The number of nitrogens with one attached hydrogen (secondary N) is 2. The van der Waals surface area contributed by atoms with Crippen LogP contribution < -0.4 is 15.5 Å². The van der Waals surface area contributed by atoms with Gasteiger partial charge < -0.3 is 20.6 Å². The highest BCUT2D eigenvalue weighted by Crippen LogP contribution is 2.31. The lowest BCUT2D eigenvalue weighted by molar-refractivity contribution is 0.117. The zero-order chi connectivity index (χ0) is 16.8. The highest BCUT2D eigenvalue weighted by molar-refractivity contribution is 6.33. The molecule has 0 radical (unpaired) electrons. The third kappa shape index (κ3) is 5.29. The van der Waals surface area contributed by atoms with Crippen molar-refractivity contribution in [1.29, 1.82) is 0 Å². The number of nitrogens with zero attached hydrogens (tertiary/aromatic N) is 1. The molecule has 1 aromatic rings. The molecule has 128 valence electrons. The van der Waals surface area contributed by atoms with E-state index in [0.29, 0.717) is 23.7 Å². The molecule has 0 aliphatic carbocycles. The van der Waals surface area contributed by atoms with E-state index in [4.69, 9.17) is 11.6 Å². The first-order chi connectivity index (χ1) is 11.0. The number of hydrogen-bond donors (Lipinski definition) is 3. The highest BCUT2D eigenvalue weighted by Gasteiger charge is 2.15. The van der Waals surface area contributed by atoms with Gasteiger partial charge in [-0.2, -0.15) is 0 Å². The maximum Gasteiger partial charge on any atom is 0.319 e. The fourth-order valence-corrected chi connectivity index (χ4v) is 2.94. The van der Waals surface area contributed by atoms with E-state index in [1.54, 1.807) is 6.07 Å². The van der Waals surface area contributed by atoms with Gasteiger partial charge in [-0.25, -0.2) is 4.79 Å². The van der Waals surface area contributed by atoms with Crippen molar-refractivity contribution >= 4 is 29.0 Å². The van der Waals surface area contributed by atoms with Gasteiger partial charge in [0, 0.05) is 25.3 Å². The van der Waals surface area contributed by atoms with E-state index in [2.05, 4.69) is 15.5 Å². The van der Waals surface area contributed by atoms with Crippen LogP contribution in [0.15, 0.2) is 18.2 Å². The molecule has 1 heterocycles. The number of hydrogen-bond acceptors (Lipinski definition) is 3. The van der Waals surface area contributed by atoms with Crippen molar-refractivity contribution in [3.63, 3.8) is 0 Å². The summed E-state index contributed by atoms with van der Waals surface area (Å²) in [4.78, 5) is 14.1. The number of amides is 2. The monoisotopic (exact) mass is 339 g/mol. The third-order valence-corrected chi connectivity index (χ3v) is 4.45. The lowest BCUT2D eigenvalue weighted by atomic mass is 10.0. The van der Waals surface area contributed by atoms with Crippen LogP contribution in [0.2, 0.25) is 5.02 Å². The van der Waals surface area contributed by atoms with E-state index >= 15 is 0 Å². The Kier molecular flexibility index (Phi) is 6.54. The molecule has 1 aliphatic heterocycles. The summed E-state index contributed by atoms with van der Waals surface area (Å²) < 4.78 is 0. The van der Waals surface area contributed by atoms with Gasteiger partial charge >= 0.3 is 6.03 Å². The van der Waals surface area contributed by atoms with E-state index in [1.165, 1.54) is 12.8 Å². The van der Waals surface area contributed by atoms with E-state index in [0.717, 1.165) is 18.8 Å². The second kappa shape index (κ2) is 8.41. The van der Waals surface area contributed by atoms with Crippen molar-refractivity contribution < 1.29 is 9.90 Å². The molecule has 5 nitrogen and oxygen atoms in total. The van der Waals surface area contributed by atoms with Gasteiger partial charge in [0.05, 0.1) is 16.8 Å². The first kappa shape index (κ1) is 17.9. The van der Waals surface area contributed by atoms with Crippen molar-refractivity contribution in [1.82, 2.24) is 5.32 Å². The Morgan fingerprint density at radius 1 is 1.35 bits per heavy atom. The van der Waals surface area contributed by atoms with Crippen LogP contribution in [0.25, 0.3) is 0 Å². The normalized spacial score (nSPS) is 15.8. The predicted molar refractivity (Wildman–Crippen MR) is 95.4 cm³/mol. The van der Waals surface area contributed by atoms with Crippen LogP contribution in [0.1, 0.15) is 33.1 Å². The lowest BCUT2D eigenvalue weighted by Crippen LogP contribution is -2.32. The molecular weight excluding hydrogens is 314 g/mol. The summed E-state index contributed by atoms with van der Waals surface area (Å²) in [5.74, 6) is 0.191. The summed E-state index contributed by atoms with van der Waals surface area (Å²) in [6.07, 6.45) is 2.53. The number of benzene rings is 1. The van der Waals surface area contributed by atoms with Crippen molar-refractivity contribution in [2.24, 2.45) is 5.92 Å². The molecule has 1 aromatic carbocycles. The van der Waals surface area contributed by atoms with Crippen LogP contribution in [0.4, 0.5) is 16.2 Å². The Labute approximate surface area is 143 Å². The first-order valence-electron chi connectivity index (χ1n) is 8.25. The van der Waals surface area contributed by atoms with E-state index in [9.17, 15) is 9.90 Å². The maximum absolute atomic E-state index is 11.9. The molecule has 1 unspecified atom stereocenters. The molecule has 6 heteroatoms. The van der Waals surface area contributed by atoms with Gasteiger partial charge in [-0.15, -0.1) is 0 Å². The fraction of sp³-hybridized carbons (Fsp3) is 0.588. The van der Waals surface area contributed by atoms with E-state index < -0.39 is 6.10 Å². The average molecular weight is 340 g/mol. The largest absolute Gasteiger partial charge is 0.393 e. The Bertz CT molecular complexity index is 531. The quantitative estimate of drug-likeness (QED) is 0.743. The Morgan fingerprint density at radius 3 is 2.65 bits per heavy atom. The van der Waals surface area contributed by atoms with E-state index in [-0.39, 0.29) is 11.9 Å². The fourth-order valence-electron chi connectivity index (χ4n) is 2.64. The molecule has 0 saturated carbocycles. The van der Waals surface area contributed by atoms with Crippen molar-refractivity contribution in [3.05, 3.63) is 23.2 Å². The number of anilines is 2. The van der Waals surface area contributed by atoms with Gasteiger partial charge in [-0.3, -0.25) is 0 Å². The molecule has 0 spiro atoms. The summed E-state index contributed by atoms with van der Waals surface area (Å²) in [5, 5.41) is 15.9. The maximum atomic E-state index is 11.9. The number of aliphatic hydroxyl groups is 1. The zero-order valence-electron chi connectivity index (χ0n) is 13.8. The molecule has 1 fully saturated rings. The number of carbonyl (C=O) groups is 1. The number of rotatable bonds is 6. The second-order valence-electron chi connectivity index (χ2n) is 6.34. The van der Waals surface area contributed by atoms with Gasteiger partial charge in [0.25, 0.3) is 0 Å². The summed E-state index contributed by atoms with van der Waals surface area (Å²) in [6.45, 7) is 6.41. The van der Waals surface area contributed by atoms with Gasteiger partial charge in [-0.05, 0) is 43.4 Å². The van der Waals surface area contributed by atoms with Crippen molar-refractivity contribution in [2.75, 3.05) is 29.9 Å². The summed E-state index contributed by atoms with van der Waals surface area (Å²) in [5.41, 5.74) is 1.69.